The molecule has 2 aromatic carbocycles. The lowest BCUT2D eigenvalue weighted by atomic mass is 10.2. The van der Waals surface area contributed by atoms with Gasteiger partial charge < -0.3 is 0 Å². The molecule has 6 nitrogen and oxygen atoms in total. The van der Waals surface area contributed by atoms with Gasteiger partial charge in [0, 0.05) is 16.3 Å². The van der Waals surface area contributed by atoms with Gasteiger partial charge >= 0.3 is 0 Å². The Hall–Kier alpha value is -1.87. The highest BCUT2D eigenvalue weighted by Gasteiger charge is 2.16. The first-order chi connectivity index (χ1) is 11.4. The van der Waals surface area contributed by atoms with Crippen LogP contribution < -0.4 is 5.14 Å². The minimum atomic E-state index is -3.73. The van der Waals surface area contributed by atoms with Crippen molar-refractivity contribution >= 4 is 33.4 Å². The molecule has 1 heterocycles. The predicted octanol–water partition coefficient (Wildman–Crippen LogP) is 2.96. The van der Waals surface area contributed by atoms with Crippen LogP contribution in [-0.4, -0.2) is 29.4 Å². The lowest BCUT2D eigenvalue weighted by Crippen LogP contribution is -2.11. The lowest BCUT2D eigenvalue weighted by molar-refractivity contribution is 0.598. The van der Waals surface area contributed by atoms with E-state index in [-0.39, 0.29) is 4.90 Å². The van der Waals surface area contributed by atoms with Crippen molar-refractivity contribution in [3.05, 3.63) is 53.6 Å². The summed E-state index contributed by atoms with van der Waals surface area (Å²) >= 11 is 7.41. The summed E-state index contributed by atoms with van der Waals surface area (Å²) in [6.45, 7) is 0. The smallest absolute Gasteiger partial charge is 0.238 e. The van der Waals surface area contributed by atoms with E-state index in [4.69, 9.17) is 16.7 Å². The van der Waals surface area contributed by atoms with Gasteiger partial charge in [0.25, 0.3) is 0 Å². The minimum absolute atomic E-state index is 0.0499. The number of nitrogens with two attached hydrogens (primary N) is 1. The predicted molar refractivity (Wildman–Crippen MR) is 95.0 cm³/mol. The molecular formula is C15H13ClN4O2S2. The maximum atomic E-state index is 11.4. The summed E-state index contributed by atoms with van der Waals surface area (Å²) < 4.78 is 24.6. The van der Waals surface area contributed by atoms with Crippen molar-refractivity contribution in [1.29, 1.82) is 0 Å². The van der Waals surface area contributed by atoms with Crippen LogP contribution in [0.2, 0.25) is 5.02 Å². The Morgan fingerprint density at radius 2 is 1.67 bits per heavy atom. The van der Waals surface area contributed by atoms with E-state index < -0.39 is 10.0 Å². The number of hydrogen-bond donors (Lipinski definition) is 1. The lowest BCUT2D eigenvalue weighted by Gasteiger charge is -2.10. The highest BCUT2D eigenvalue weighted by Crippen LogP contribution is 2.28. The van der Waals surface area contributed by atoms with E-state index in [0.717, 1.165) is 11.3 Å². The molecule has 9 heteroatoms. The highest BCUT2D eigenvalue weighted by atomic mass is 35.5. The van der Waals surface area contributed by atoms with Gasteiger partial charge in [-0.3, -0.25) is 4.57 Å². The molecule has 24 heavy (non-hydrogen) atoms. The van der Waals surface area contributed by atoms with E-state index in [1.54, 1.807) is 24.3 Å². The van der Waals surface area contributed by atoms with Crippen LogP contribution in [0, 0.1) is 0 Å². The van der Waals surface area contributed by atoms with Crippen LogP contribution in [0.1, 0.15) is 0 Å². The van der Waals surface area contributed by atoms with Crippen molar-refractivity contribution in [2.75, 3.05) is 6.26 Å². The van der Waals surface area contributed by atoms with Gasteiger partial charge in [-0.2, -0.15) is 0 Å². The Bertz CT molecular complexity index is 968. The third-order valence-electron chi connectivity index (χ3n) is 3.34. The van der Waals surface area contributed by atoms with Crippen molar-refractivity contribution < 1.29 is 8.42 Å². The van der Waals surface area contributed by atoms with Gasteiger partial charge in [-0.15, -0.1) is 10.2 Å². The van der Waals surface area contributed by atoms with Crippen LogP contribution >= 0.6 is 23.4 Å². The second kappa shape index (κ2) is 6.56. The number of halogens is 1. The fourth-order valence-electron chi connectivity index (χ4n) is 2.21. The Balaban J connectivity index is 2.12. The summed E-state index contributed by atoms with van der Waals surface area (Å²) in [5.74, 6) is 0.600. The molecule has 0 unspecified atom stereocenters. The fraction of sp³-hybridized carbons (Fsp3) is 0.0667. The van der Waals surface area contributed by atoms with Crippen LogP contribution in [0.15, 0.2) is 58.6 Å². The summed E-state index contributed by atoms with van der Waals surface area (Å²) in [6.07, 6.45) is 1.91. The Labute approximate surface area is 148 Å². The first kappa shape index (κ1) is 17.0. The molecule has 0 aliphatic heterocycles. The number of hydrogen-bond acceptors (Lipinski definition) is 5. The molecule has 3 rings (SSSR count). The molecular weight excluding hydrogens is 368 g/mol. The van der Waals surface area contributed by atoms with Crippen molar-refractivity contribution in [1.82, 2.24) is 14.8 Å². The molecule has 0 aliphatic carbocycles. The average molecular weight is 381 g/mol. The molecule has 0 aliphatic rings. The minimum Gasteiger partial charge on any atom is -0.270 e. The third-order valence-corrected chi connectivity index (χ3v) is 5.15. The second-order valence-electron chi connectivity index (χ2n) is 4.89. The maximum absolute atomic E-state index is 11.4. The van der Waals surface area contributed by atoms with E-state index in [0.29, 0.717) is 16.0 Å². The van der Waals surface area contributed by atoms with Gasteiger partial charge in [-0.25, -0.2) is 13.6 Å². The normalized spacial score (nSPS) is 11.6. The van der Waals surface area contributed by atoms with Crippen molar-refractivity contribution in [2.24, 2.45) is 5.14 Å². The van der Waals surface area contributed by atoms with Gasteiger partial charge in [-0.05, 0) is 54.8 Å². The highest BCUT2D eigenvalue weighted by molar-refractivity contribution is 7.98. The molecule has 0 amide bonds. The van der Waals surface area contributed by atoms with Crippen LogP contribution in [0.4, 0.5) is 0 Å². The Kier molecular flexibility index (Phi) is 4.64. The van der Waals surface area contributed by atoms with Crippen LogP contribution in [0.25, 0.3) is 17.1 Å². The number of primary sulfonamides is 1. The molecule has 3 aromatic rings. The van der Waals surface area contributed by atoms with E-state index in [1.807, 2.05) is 23.0 Å². The maximum Gasteiger partial charge on any atom is 0.238 e. The number of aromatic nitrogens is 3. The number of thioether (sulfide) groups is 1. The zero-order valence-corrected chi connectivity index (χ0v) is 14.9. The van der Waals surface area contributed by atoms with Crippen molar-refractivity contribution in [2.45, 2.75) is 10.1 Å². The quantitative estimate of drug-likeness (QED) is 0.702. The fourth-order valence-corrected chi connectivity index (χ4v) is 3.34. The molecule has 0 spiro atoms. The van der Waals surface area contributed by atoms with Gasteiger partial charge in [0.05, 0.1) is 4.90 Å². The molecule has 2 N–H and O–H groups in total. The molecule has 0 atom stereocenters. The monoisotopic (exact) mass is 380 g/mol. The Morgan fingerprint density at radius 3 is 2.21 bits per heavy atom. The van der Waals surface area contributed by atoms with Crippen molar-refractivity contribution in [3.8, 4) is 17.1 Å². The van der Waals surface area contributed by atoms with E-state index in [2.05, 4.69) is 10.2 Å². The largest absolute Gasteiger partial charge is 0.270 e. The number of sulfonamides is 1. The standard InChI is InChI=1S/C15H13ClN4O2S2/c1-23-15-19-18-14(20(15)12-6-4-11(16)5-7-12)10-2-8-13(9-3-10)24(17,21)22/h2-9H,1H3,(H2,17,21,22). The van der Waals surface area contributed by atoms with E-state index in [9.17, 15) is 8.42 Å². The topological polar surface area (TPSA) is 90.9 Å². The van der Waals surface area contributed by atoms with E-state index >= 15 is 0 Å². The number of benzene rings is 2. The summed E-state index contributed by atoms with van der Waals surface area (Å²) in [6, 6.07) is 13.5. The van der Waals surface area contributed by atoms with Crippen LogP contribution in [0.5, 0.6) is 0 Å². The third kappa shape index (κ3) is 3.32. The van der Waals surface area contributed by atoms with Gasteiger partial charge in [0.2, 0.25) is 10.0 Å². The zero-order chi connectivity index (χ0) is 17.3. The summed E-state index contributed by atoms with van der Waals surface area (Å²) in [7, 11) is -3.73. The van der Waals surface area contributed by atoms with Gasteiger partial charge in [0.15, 0.2) is 11.0 Å². The summed E-state index contributed by atoms with van der Waals surface area (Å²) in [5, 5.41) is 14.9. The number of nitrogens with zero attached hydrogens (tertiary/aromatic N) is 3. The first-order valence-electron chi connectivity index (χ1n) is 6.79. The SMILES string of the molecule is CSc1nnc(-c2ccc(S(N)(=O)=O)cc2)n1-c1ccc(Cl)cc1. The summed E-state index contributed by atoms with van der Waals surface area (Å²) in [4.78, 5) is 0.0499. The first-order valence-corrected chi connectivity index (χ1v) is 9.93. The zero-order valence-electron chi connectivity index (χ0n) is 12.5. The molecule has 0 radical (unpaired) electrons. The van der Waals surface area contributed by atoms with Gasteiger partial charge in [0.1, 0.15) is 0 Å². The molecule has 0 saturated heterocycles. The molecule has 0 fully saturated rings. The second-order valence-corrected chi connectivity index (χ2v) is 7.66. The van der Waals surface area contributed by atoms with Crippen molar-refractivity contribution in [3.63, 3.8) is 0 Å². The Morgan fingerprint density at radius 1 is 1.04 bits per heavy atom. The van der Waals surface area contributed by atoms with Gasteiger partial charge in [-0.1, -0.05) is 23.4 Å². The van der Waals surface area contributed by atoms with Crippen LogP contribution in [0.3, 0.4) is 0 Å². The van der Waals surface area contributed by atoms with Crippen LogP contribution in [-0.2, 0) is 10.0 Å². The molecule has 124 valence electrons. The van der Waals surface area contributed by atoms with E-state index in [1.165, 1.54) is 23.9 Å². The average Bonchev–Trinajstić information content (AvgIpc) is 2.99. The molecule has 1 aromatic heterocycles. The molecule has 0 bridgehead atoms. The summed E-state index contributed by atoms with van der Waals surface area (Å²) in [5.41, 5.74) is 1.59. The molecule has 0 saturated carbocycles. The number of rotatable bonds is 4.